The maximum atomic E-state index is 12.5. The van der Waals surface area contributed by atoms with Crippen LogP contribution in [0.25, 0.3) is 0 Å². The number of aryl methyl sites for hydroxylation is 1. The predicted octanol–water partition coefficient (Wildman–Crippen LogP) is 2.70. The van der Waals surface area contributed by atoms with Crippen molar-refractivity contribution in [3.05, 3.63) is 53.1 Å². The highest BCUT2D eigenvalue weighted by molar-refractivity contribution is 5.96. The molecule has 0 radical (unpaired) electrons. The molecular weight excluding hydrogens is 294 g/mol. The Balaban J connectivity index is 1.76. The van der Waals surface area contributed by atoms with Gasteiger partial charge in [0.05, 0.1) is 7.11 Å². The van der Waals surface area contributed by atoms with E-state index in [4.69, 9.17) is 14.2 Å². The second-order valence-electron chi connectivity index (χ2n) is 5.31. The first-order valence-electron chi connectivity index (χ1n) is 7.49. The molecule has 0 aromatic heterocycles. The molecule has 2 aromatic carbocycles. The van der Waals surface area contributed by atoms with Crippen LogP contribution in [-0.4, -0.2) is 26.2 Å². The molecule has 0 saturated carbocycles. The molecule has 1 N–H and O–H groups in total. The lowest BCUT2D eigenvalue weighted by molar-refractivity contribution is 0.0948. The van der Waals surface area contributed by atoms with Gasteiger partial charge in [-0.2, -0.15) is 0 Å². The van der Waals surface area contributed by atoms with E-state index < -0.39 is 0 Å². The Kier molecular flexibility index (Phi) is 4.37. The Labute approximate surface area is 135 Å². The van der Waals surface area contributed by atoms with Crippen LogP contribution in [0.4, 0.5) is 0 Å². The van der Waals surface area contributed by atoms with Crippen LogP contribution in [0.3, 0.4) is 0 Å². The lowest BCUT2D eigenvalue weighted by Crippen LogP contribution is -2.24. The van der Waals surface area contributed by atoms with Gasteiger partial charge in [0.25, 0.3) is 5.91 Å². The van der Waals surface area contributed by atoms with E-state index in [0.29, 0.717) is 36.8 Å². The molecule has 1 heterocycles. The molecule has 0 spiro atoms. The van der Waals surface area contributed by atoms with Crippen molar-refractivity contribution >= 4 is 5.91 Å². The zero-order chi connectivity index (χ0) is 16.2. The SMILES string of the molecule is COc1ccccc1CNC(=O)c1cc2c(cc1C)OCCO2. The standard InChI is InChI=1S/C18H19NO4/c1-12-9-16-17(23-8-7-22-16)10-14(12)18(20)19-11-13-5-3-4-6-15(13)21-2/h3-6,9-10H,7-8,11H2,1-2H3,(H,19,20). The van der Waals surface area contributed by atoms with Gasteiger partial charge in [0.1, 0.15) is 19.0 Å². The number of rotatable bonds is 4. The van der Waals surface area contributed by atoms with E-state index in [1.54, 1.807) is 13.2 Å². The third-order valence-electron chi connectivity index (χ3n) is 3.77. The van der Waals surface area contributed by atoms with Gasteiger partial charge in [0, 0.05) is 17.7 Å². The number of carbonyl (C=O) groups is 1. The molecular formula is C18H19NO4. The Morgan fingerprint density at radius 3 is 2.61 bits per heavy atom. The lowest BCUT2D eigenvalue weighted by atomic mass is 10.1. The van der Waals surface area contributed by atoms with Gasteiger partial charge in [-0.25, -0.2) is 0 Å². The van der Waals surface area contributed by atoms with Crippen LogP contribution in [0.5, 0.6) is 17.2 Å². The number of hydrogen-bond donors (Lipinski definition) is 1. The average molecular weight is 313 g/mol. The van der Waals surface area contributed by atoms with Gasteiger partial charge in [-0.15, -0.1) is 0 Å². The minimum Gasteiger partial charge on any atom is -0.496 e. The monoisotopic (exact) mass is 313 g/mol. The molecule has 0 fully saturated rings. The number of ether oxygens (including phenoxy) is 3. The highest BCUT2D eigenvalue weighted by Gasteiger charge is 2.18. The van der Waals surface area contributed by atoms with Crippen molar-refractivity contribution in [3.63, 3.8) is 0 Å². The van der Waals surface area contributed by atoms with Crippen LogP contribution >= 0.6 is 0 Å². The number of para-hydroxylation sites is 1. The smallest absolute Gasteiger partial charge is 0.251 e. The second kappa shape index (κ2) is 6.60. The van der Waals surface area contributed by atoms with Gasteiger partial charge in [-0.05, 0) is 30.7 Å². The first-order valence-corrected chi connectivity index (χ1v) is 7.49. The summed E-state index contributed by atoms with van der Waals surface area (Å²) in [6.45, 7) is 3.32. The topological polar surface area (TPSA) is 56.8 Å². The molecule has 1 aliphatic rings. The van der Waals surface area contributed by atoms with Gasteiger partial charge in [-0.3, -0.25) is 4.79 Å². The first kappa shape index (κ1) is 15.2. The van der Waals surface area contributed by atoms with Gasteiger partial charge in [0.15, 0.2) is 11.5 Å². The molecule has 2 aromatic rings. The fraction of sp³-hybridized carbons (Fsp3) is 0.278. The number of benzene rings is 2. The van der Waals surface area contributed by atoms with Gasteiger partial charge in [-0.1, -0.05) is 18.2 Å². The zero-order valence-corrected chi connectivity index (χ0v) is 13.2. The van der Waals surface area contributed by atoms with Crippen LogP contribution in [-0.2, 0) is 6.54 Å². The molecule has 3 rings (SSSR count). The molecule has 1 aliphatic heterocycles. The van der Waals surface area contributed by atoms with E-state index in [1.165, 1.54) is 0 Å². The van der Waals surface area contributed by atoms with Crippen LogP contribution in [0, 0.1) is 6.92 Å². The van der Waals surface area contributed by atoms with Crippen molar-refractivity contribution in [1.82, 2.24) is 5.32 Å². The van der Waals surface area contributed by atoms with E-state index in [-0.39, 0.29) is 5.91 Å². The zero-order valence-electron chi connectivity index (χ0n) is 13.2. The van der Waals surface area contributed by atoms with Crippen molar-refractivity contribution in [2.24, 2.45) is 0 Å². The number of nitrogens with one attached hydrogen (secondary N) is 1. The van der Waals surface area contributed by atoms with Gasteiger partial charge < -0.3 is 19.5 Å². The molecule has 0 atom stereocenters. The summed E-state index contributed by atoms with van der Waals surface area (Å²) in [4.78, 5) is 12.5. The van der Waals surface area contributed by atoms with Crippen LogP contribution < -0.4 is 19.5 Å². The minimum absolute atomic E-state index is 0.148. The third-order valence-corrected chi connectivity index (χ3v) is 3.77. The normalized spacial score (nSPS) is 12.6. The Hall–Kier alpha value is -2.69. The maximum Gasteiger partial charge on any atom is 0.251 e. The van der Waals surface area contributed by atoms with E-state index in [1.807, 2.05) is 37.3 Å². The van der Waals surface area contributed by atoms with Crippen LogP contribution in [0.1, 0.15) is 21.5 Å². The largest absolute Gasteiger partial charge is 0.496 e. The first-order chi connectivity index (χ1) is 11.2. The second-order valence-corrected chi connectivity index (χ2v) is 5.31. The number of fused-ring (bicyclic) bond motifs is 1. The highest BCUT2D eigenvalue weighted by Crippen LogP contribution is 2.33. The van der Waals surface area contributed by atoms with E-state index in [9.17, 15) is 4.79 Å². The van der Waals surface area contributed by atoms with Crippen molar-refractivity contribution in [3.8, 4) is 17.2 Å². The van der Waals surface area contributed by atoms with Crippen LogP contribution in [0.2, 0.25) is 0 Å². The predicted molar refractivity (Wildman–Crippen MR) is 86.3 cm³/mol. The fourth-order valence-electron chi connectivity index (χ4n) is 2.55. The summed E-state index contributed by atoms with van der Waals surface area (Å²) in [6.07, 6.45) is 0. The molecule has 0 bridgehead atoms. The van der Waals surface area contributed by atoms with Crippen molar-refractivity contribution in [1.29, 1.82) is 0 Å². The molecule has 5 heteroatoms. The van der Waals surface area contributed by atoms with E-state index in [2.05, 4.69) is 5.32 Å². The minimum atomic E-state index is -0.148. The number of hydrogen-bond acceptors (Lipinski definition) is 4. The quantitative estimate of drug-likeness (QED) is 0.943. The van der Waals surface area contributed by atoms with Crippen molar-refractivity contribution in [2.75, 3.05) is 20.3 Å². The molecule has 0 saturated heterocycles. The molecule has 120 valence electrons. The highest BCUT2D eigenvalue weighted by atomic mass is 16.6. The lowest BCUT2D eigenvalue weighted by Gasteiger charge is -2.20. The van der Waals surface area contributed by atoms with E-state index >= 15 is 0 Å². The van der Waals surface area contributed by atoms with Crippen LogP contribution in [0.15, 0.2) is 36.4 Å². The number of carbonyl (C=O) groups excluding carboxylic acids is 1. The summed E-state index contributed by atoms with van der Waals surface area (Å²) < 4.78 is 16.4. The van der Waals surface area contributed by atoms with Gasteiger partial charge in [0.2, 0.25) is 0 Å². The summed E-state index contributed by atoms with van der Waals surface area (Å²) >= 11 is 0. The Morgan fingerprint density at radius 1 is 1.17 bits per heavy atom. The van der Waals surface area contributed by atoms with Crippen molar-refractivity contribution in [2.45, 2.75) is 13.5 Å². The fourth-order valence-corrected chi connectivity index (χ4v) is 2.55. The average Bonchev–Trinajstić information content (AvgIpc) is 2.59. The molecule has 1 amide bonds. The van der Waals surface area contributed by atoms with Gasteiger partial charge >= 0.3 is 0 Å². The summed E-state index contributed by atoms with van der Waals surface area (Å²) in [5.74, 6) is 1.91. The third kappa shape index (κ3) is 3.23. The Morgan fingerprint density at radius 2 is 1.87 bits per heavy atom. The summed E-state index contributed by atoms with van der Waals surface area (Å²) in [6, 6.07) is 11.2. The maximum absolute atomic E-state index is 12.5. The Bertz CT molecular complexity index is 727. The van der Waals surface area contributed by atoms with Crippen molar-refractivity contribution < 1.29 is 19.0 Å². The number of methoxy groups -OCH3 is 1. The summed E-state index contributed by atoms with van der Waals surface area (Å²) in [5, 5.41) is 2.92. The van der Waals surface area contributed by atoms with E-state index in [0.717, 1.165) is 16.9 Å². The molecule has 0 aliphatic carbocycles. The molecule has 5 nitrogen and oxygen atoms in total. The summed E-state index contributed by atoms with van der Waals surface area (Å²) in [5.41, 5.74) is 2.37. The summed E-state index contributed by atoms with van der Waals surface area (Å²) in [7, 11) is 1.62. The molecule has 0 unspecified atom stereocenters. The number of amides is 1. The molecule has 23 heavy (non-hydrogen) atoms.